The van der Waals surface area contributed by atoms with Gasteiger partial charge in [0.1, 0.15) is 22.6 Å². The quantitative estimate of drug-likeness (QED) is 0.306. The van der Waals surface area contributed by atoms with Gasteiger partial charge in [-0.15, -0.1) is 0 Å². The van der Waals surface area contributed by atoms with E-state index in [1.165, 1.54) is 24.3 Å². The standard InChI is InChI=1S/C29H22FN3O6S2/c1-38-18-12-8-16(9-13-18)31-21(34)14-39-20-5-3-2-4-19(20)22-23-25(40-26-24(22)41-29(37)32-26)28(36)33(27(23)35)17-10-6-15(30)7-11-17/h2-13,22-23,25H,14H2,1H3,(H,31,34)(H,32,37). The molecule has 9 nitrogen and oxygen atoms in total. The molecule has 0 spiro atoms. The van der Waals surface area contributed by atoms with Gasteiger partial charge < -0.3 is 19.8 Å². The third-order valence-electron chi connectivity index (χ3n) is 6.90. The molecular formula is C29H22FN3O6S2. The van der Waals surface area contributed by atoms with Crippen LogP contribution in [0.3, 0.4) is 0 Å². The molecule has 0 saturated carbocycles. The van der Waals surface area contributed by atoms with Crippen LogP contribution in [-0.2, 0) is 14.4 Å². The van der Waals surface area contributed by atoms with Crippen molar-refractivity contribution in [2.24, 2.45) is 5.92 Å². The van der Waals surface area contributed by atoms with Crippen LogP contribution in [0.15, 0.2) is 82.6 Å². The van der Waals surface area contributed by atoms with Crippen LogP contribution in [0.1, 0.15) is 16.4 Å². The fourth-order valence-corrected chi connectivity index (χ4v) is 7.59. The molecule has 3 amide bonds. The van der Waals surface area contributed by atoms with Gasteiger partial charge in [0, 0.05) is 22.0 Å². The number of amides is 3. The van der Waals surface area contributed by atoms with Crippen LogP contribution in [0.5, 0.6) is 11.5 Å². The summed E-state index contributed by atoms with van der Waals surface area (Å²) in [7, 11) is 1.55. The largest absolute Gasteiger partial charge is 0.497 e. The van der Waals surface area contributed by atoms with Crippen LogP contribution < -0.4 is 24.6 Å². The first-order chi connectivity index (χ1) is 19.8. The van der Waals surface area contributed by atoms with Crippen molar-refractivity contribution in [1.82, 2.24) is 4.98 Å². The number of thioether (sulfide) groups is 1. The molecule has 3 heterocycles. The molecule has 2 aliphatic heterocycles. The lowest BCUT2D eigenvalue weighted by atomic mass is 9.82. The van der Waals surface area contributed by atoms with E-state index in [9.17, 15) is 23.6 Å². The molecule has 2 N–H and O–H groups in total. The van der Waals surface area contributed by atoms with E-state index in [1.54, 1.807) is 55.6 Å². The van der Waals surface area contributed by atoms with Gasteiger partial charge in [-0.05, 0) is 54.6 Å². The Morgan fingerprint density at radius 3 is 2.46 bits per heavy atom. The van der Waals surface area contributed by atoms with Crippen molar-refractivity contribution in [1.29, 1.82) is 0 Å². The van der Waals surface area contributed by atoms with Crippen LogP contribution >= 0.6 is 23.1 Å². The summed E-state index contributed by atoms with van der Waals surface area (Å²) in [6.07, 6.45) is 0. The smallest absolute Gasteiger partial charge is 0.305 e. The van der Waals surface area contributed by atoms with Crippen LogP contribution in [0, 0.1) is 11.7 Å². The Balaban J connectivity index is 1.31. The van der Waals surface area contributed by atoms with Gasteiger partial charge in [-0.25, -0.2) is 9.29 Å². The van der Waals surface area contributed by atoms with Crippen molar-refractivity contribution < 1.29 is 28.2 Å². The van der Waals surface area contributed by atoms with Crippen molar-refractivity contribution in [2.45, 2.75) is 16.2 Å². The molecule has 0 radical (unpaired) electrons. The molecule has 1 fully saturated rings. The average molecular weight is 592 g/mol. The molecule has 6 rings (SSSR count). The minimum absolute atomic E-state index is 0.270. The Morgan fingerprint density at radius 2 is 1.73 bits per heavy atom. The number of fused-ring (bicyclic) bond motifs is 2. The minimum Gasteiger partial charge on any atom is -0.497 e. The molecule has 41 heavy (non-hydrogen) atoms. The maximum atomic E-state index is 13.9. The number of imide groups is 1. The van der Waals surface area contributed by atoms with E-state index < -0.39 is 40.6 Å². The third kappa shape index (κ3) is 5.00. The van der Waals surface area contributed by atoms with Crippen LogP contribution in [0.25, 0.3) is 0 Å². The highest BCUT2D eigenvalue weighted by molar-refractivity contribution is 8.00. The predicted octanol–water partition coefficient (Wildman–Crippen LogP) is 4.40. The van der Waals surface area contributed by atoms with Gasteiger partial charge in [0.15, 0.2) is 6.61 Å². The minimum atomic E-state index is -0.852. The number of anilines is 2. The molecule has 1 aromatic heterocycles. The fraction of sp³-hybridized carbons (Fsp3) is 0.172. The van der Waals surface area contributed by atoms with Crippen molar-refractivity contribution >= 4 is 52.2 Å². The Bertz CT molecular complexity index is 1700. The highest BCUT2D eigenvalue weighted by Gasteiger charge is 2.56. The lowest BCUT2D eigenvalue weighted by Gasteiger charge is -2.30. The van der Waals surface area contributed by atoms with Gasteiger partial charge in [0.05, 0.1) is 23.7 Å². The van der Waals surface area contributed by atoms with Crippen LogP contribution in [0.2, 0.25) is 0 Å². The summed E-state index contributed by atoms with van der Waals surface area (Å²) in [5.41, 5.74) is 1.41. The number of carbonyl (C=O) groups excluding carboxylic acids is 3. The Morgan fingerprint density at radius 1 is 1.00 bits per heavy atom. The first kappa shape index (κ1) is 26.8. The average Bonchev–Trinajstić information content (AvgIpc) is 3.47. The number of hydrogen-bond acceptors (Lipinski definition) is 8. The van der Waals surface area contributed by atoms with E-state index in [4.69, 9.17) is 9.47 Å². The molecule has 3 atom stereocenters. The second kappa shape index (κ2) is 10.9. The van der Waals surface area contributed by atoms with Gasteiger partial charge in [0.2, 0.25) is 11.8 Å². The molecule has 0 aliphatic carbocycles. The molecule has 4 aromatic rings. The van der Waals surface area contributed by atoms with E-state index >= 15 is 0 Å². The predicted molar refractivity (Wildman–Crippen MR) is 152 cm³/mol. The van der Waals surface area contributed by atoms with Crippen LogP contribution in [-0.4, -0.2) is 41.7 Å². The van der Waals surface area contributed by atoms with E-state index in [2.05, 4.69) is 10.3 Å². The number of carbonyl (C=O) groups is 3. The number of ether oxygens (including phenoxy) is 2. The summed E-state index contributed by atoms with van der Waals surface area (Å²) in [5.74, 6) is -2.33. The first-order valence-electron chi connectivity index (χ1n) is 12.5. The van der Waals surface area contributed by atoms with Gasteiger partial charge in [-0.3, -0.25) is 19.2 Å². The maximum absolute atomic E-state index is 13.9. The topological polar surface area (TPSA) is 118 Å². The highest BCUT2D eigenvalue weighted by atomic mass is 32.2. The lowest BCUT2D eigenvalue weighted by molar-refractivity contribution is -0.122. The molecule has 1 saturated heterocycles. The number of H-pyrrole nitrogens is 1. The number of nitrogens with one attached hydrogen (secondary N) is 2. The number of aromatic amines is 1. The fourth-order valence-electron chi connectivity index (χ4n) is 5.08. The van der Waals surface area contributed by atoms with E-state index in [1.807, 2.05) is 0 Å². The summed E-state index contributed by atoms with van der Waals surface area (Å²) >= 11 is 2.12. The lowest BCUT2D eigenvalue weighted by Crippen LogP contribution is -2.32. The number of thiazole rings is 1. The number of nitrogens with zero attached hydrogens (tertiary/aromatic N) is 1. The Hall–Kier alpha value is -4.42. The van der Waals surface area contributed by atoms with Gasteiger partial charge >= 0.3 is 4.87 Å². The maximum Gasteiger partial charge on any atom is 0.305 e. The molecule has 12 heteroatoms. The number of hydrogen-bond donors (Lipinski definition) is 2. The van der Waals surface area contributed by atoms with Gasteiger partial charge in [-0.2, -0.15) is 0 Å². The molecular weight excluding hydrogens is 569 g/mol. The van der Waals surface area contributed by atoms with Crippen LogP contribution in [0.4, 0.5) is 15.8 Å². The number of aromatic nitrogens is 1. The summed E-state index contributed by atoms with van der Waals surface area (Å²) < 4.78 is 24.7. The van der Waals surface area contributed by atoms with Gasteiger partial charge in [-0.1, -0.05) is 41.3 Å². The number of benzene rings is 3. The second-order valence-corrected chi connectivity index (χ2v) is 11.5. The summed E-state index contributed by atoms with van der Waals surface area (Å²) in [6, 6.07) is 19.0. The van der Waals surface area contributed by atoms with E-state index in [0.29, 0.717) is 32.7 Å². The number of rotatable bonds is 7. The first-order valence-corrected chi connectivity index (χ1v) is 14.2. The second-order valence-electron chi connectivity index (χ2n) is 9.34. The van der Waals surface area contributed by atoms with Gasteiger partial charge in [0.25, 0.3) is 5.91 Å². The Labute approximate surface area is 241 Å². The van der Waals surface area contributed by atoms with Crippen molar-refractivity contribution in [2.75, 3.05) is 23.9 Å². The number of para-hydroxylation sites is 1. The summed E-state index contributed by atoms with van der Waals surface area (Å²) in [6.45, 7) is -0.316. The SMILES string of the molecule is COc1ccc(NC(=O)COc2ccccc2C2c3sc(=O)[nH]c3SC3C(=O)N(c4ccc(F)cc4)C(=O)C32)cc1. The molecule has 2 aliphatic rings. The third-order valence-corrected chi connectivity index (χ3v) is 9.30. The van der Waals surface area contributed by atoms with Crippen molar-refractivity contribution in [3.8, 4) is 11.5 Å². The molecule has 3 unspecified atom stereocenters. The zero-order chi connectivity index (χ0) is 28.7. The molecule has 208 valence electrons. The van der Waals surface area contributed by atoms with E-state index in [-0.39, 0.29) is 17.2 Å². The highest BCUT2D eigenvalue weighted by Crippen LogP contribution is 2.54. The number of halogens is 1. The summed E-state index contributed by atoms with van der Waals surface area (Å²) in [5, 5.41) is 2.46. The van der Waals surface area contributed by atoms with Crippen molar-refractivity contribution in [3.63, 3.8) is 0 Å². The van der Waals surface area contributed by atoms with Crippen molar-refractivity contribution in [3.05, 3.63) is 98.7 Å². The molecule has 0 bridgehead atoms. The zero-order valence-electron chi connectivity index (χ0n) is 21.5. The normalized spacial score (nSPS) is 19.5. The molecule has 3 aromatic carbocycles. The monoisotopic (exact) mass is 591 g/mol. The number of methoxy groups -OCH3 is 1. The summed E-state index contributed by atoms with van der Waals surface area (Å²) in [4.78, 5) is 56.7. The van der Waals surface area contributed by atoms with E-state index in [0.717, 1.165) is 28.0 Å². The zero-order valence-corrected chi connectivity index (χ0v) is 23.1. The Kier molecular flexibility index (Phi) is 7.10.